The molecule has 10 heteroatoms. The first-order valence-electron chi connectivity index (χ1n) is 5.29. The minimum absolute atomic E-state index is 0.0504. The van der Waals surface area contributed by atoms with Crippen molar-refractivity contribution >= 4 is 17.5 Å². The van der Waals surface area contributed by atoms with Crippen molar-refractivity contribution in [2.45, 2.75) is 6.29 Å². The molecule has 0 aromatic carbocycles. The number of halogens is 1. The maximum atomic E-state index is 5.82. The van der Waals surface area contributed by atoms with Gasteiger partial charge in [0.05, 0.1) is 6.54 Å². The van der Waals surface area contributed by atoms with Crippen LogP contribution in [0.1, 0.15) is 0 Å². The Morgan fingerprint density at radius 2 is 2.11 bits per heavy atom. The smallest absolute Gasteiger partial charge is 0.258 e. The van der Waals surface area contributed by atoms with Gasteiger partial charge in [0.1, 0.15) is 12.7 Å². The largest absolute Gasteiger partial charge is 0.354 e. The minimum atomic E-state index is -0.412. The van der Waals surface area contributed by atoms with Gasteiger partial charge >= 0.3 is 0 Å². The lowest BCUT2D eigenvalue weighted by Gasteiger charge is -2.14. The normalized spacial score (nSPS) is 10.9. The van der Waals surface area contributed by atoms with Crippen LogP contribution in [0.2, 0.25) is 5.28 Å². The Balaban J connectivity index is 2.13. The molecular weight excluding hydrogens is 274 g/mol. The first kappa shape index (κ1) is 13.6. The maximum absolute atomic E-state index is 5.82. The Labute approximate surface area is 114 Å². The fraction of sp³-hybridized carbons (Fsp3) is 0.444. The molecule has 9 nitrogen and oxygen atoms in total. The Hall–Kier alpha value is -1.84. The van der Waals surface area contributed by atoms with E-state index in [4.69, 9.17) is 21.1 Å². The summed E-state index contributed by atoms with van der Waals surface area (Å²) in [4.78, 5) is 15.8. The average Bonchev–Trinajstić information content (AvgIpc) is 2.93. The topological polar surface area (TPSA) is 99.9 Å². The minimum Gasteiger partial charge on any atom is -0.354 e. The van der Waals surface area contributed by atoms with Gasteiger partial charge in [-0.05, 0) is 11.6 Å². The molecule has 0 saturated carbocycles. The third kappa shape index (κ3) is 3.56. The first-order chi connectivity index (χ1) is 9.22. The predicted octanol–water partition coefficient (Wildman–Crippen LogP) is 0.136. The summed E-state index contributed by atoms with van der Waals surface area (Å²) in [5, 5.41) is 6.90. The third-order valence-corrected chi connectivity index (χ3v) is 2.34. The van der Waals surface area contributed by atoms with Gasteiger partial charge in [0, 0.05) is 14.2 Å². The zero-order chi connectivity index (χ0) is 13.7. The molecular formula is C9H12ClN7O2. The van der Waals surface area contributed by atoms with Gasteiger partial charge in [-0.25, -0.2) is 4.98 Å². The van der Waals surface area contributed by atoms with Crippen molar-refractivity contribution in [3.8, 4) is 5.95 Å². The highest BCUT2D eigenvalue weighted by atomic mass is 35.5. The van der Waals surface area contributed by atoms with Crippen LogP contribution >= 0.6 is 11.6 Å². The first-order valence-corrected chi connectivity index (χ1v) is 5.66. The fourth-order valence-electron chi connectivity index (χ4n) is 1.27. The zero-order valence-corrected chi connectivity index (χ0v) is 11.1. The molecule has 0 radical (unpaired) electrons. The van der Waals surface area contributed by atoms with E-state index in [-0.39, 0.29) is 11.2 Å². The predicted molar refractivity (Wildman–Crippen MR) is 66.0 cm³/mol. The van der Waals surface area contributed by atoms with Crippen molar-refractivity contribution in [3.63, 3.8) is 0 Å². The van der Waals surface area contributed by atoms with E-state index < -0.39 is 6.29 Å². The molecule has 2 aromatic rings. The van der Waals surface area contributed by atoms with Crippen LogP contribution in [-0.4, -0.2) is 56.8 Å². The molecule has 0 amide bonds. The summed E-state index contributed by atoms with van der Waals surface area (Å²) in [6, 6.07) is 0. The van der Waals surface area contributed by atoms with Gasteiger partial charge < -0.3 is 14.8 Å². The monoisotopic (exact) mass is 285 g/mol. The van der Waals surface area contributed by atoms with Gasteiger partial charge in [0.15, 0.2) is 6.29 Å². The molecule has 0 atom stereocenters. The Morgan fingerprint density at radius 3 is 2.74 bits per heavy atom. The van der Waals surface area contributed by atoms with Crippen molar-refractivity contribution in [2.24, 2.45) is 0 Å². The van der Waals surface area contributed by atoms with Gasteiger partial charge in [-0.1, -0.05) is 0 Å². The molecule has 0 aliphatic rings. The van der Waals surface area contributed by atoms with Crippen molar-refractivity contribution in [3.05, 3.63) is 17.9 Å². The van der Waals surface area contributed by atoms with E-state index in [1.807, 2.05) is 0 Å². The van der Waals surface area contributed by atoms with Gasteiger partial charge in [-0.15, -0.1) is 0 Å². The number of methoxy groups -OCH3 is 2. The number of anilines is 1. The number of aromatic nitrogens is 6. The lowest BCUT2D eigenvalue weighted by Crippen LogP contribution is -2.24. The fourth-order valence-corrected chi connectivity index (χ4v) is 1.43. The van der Waals surface area contributed by atoms with Crippen molar-refractivity contribution in [2.75, 3.05) is 26.1 Å². The van der Waals surface area contributed by atoms with E-state index in [2.05, 4.69) is 30.4 Å². The van der Waals surface area contributed by atoms with Crippen molar-refractivity contribution in [1.82, 2.24) is 29.7 Å². The van der Waals surface area contributed by atoms with Crippen LogP contribution < -0.4 is 5.32 Å². The molecule has 0 fully saturated rings. The van der Waals surface area contributed by atoms with Crippen LogP contribution in [0.4, 0.5) is 5.95 Å². The van der Waals surface area contributed by atoms with Gasteiger partial charge in [0.2, 0.25) is 11.2 Å². The van der Waals surface area contributed by atoms with Crippen LogP contribution in [0.5, 0.6) is 0 Å². The second kappa shape index (κ2) is 6.36. The van der Waals surface area contributed by atoms with E-state index >= 15 is 0 Å². The van der Waals surface area contributed by atoms with Crippen LogP contribution in [0.25, 0.3) is 5.95 Å². The molecule has 0 spiro atoms. The quantitative estimate of drug-likeness (QED) is 0.748. The summed E-state index contributed by atoms with van der Waals surface area (Å²) in [6.07, 6.45) is 2.42. The molecule has 0 unspecified atom stereocenters. The van der Waals surface area contributed by atoms with E-state index in [1.54, 1.807) is 0 Å². The zero-order valence-electron chi connectivity index (χ0n) is 10.3. The molecule has 0 bridgehead atoms. The second-order valence-corrected chi connectivity index (χ2v) is 3.69. The van der Waals surface area contributed by atoms with E-state index in [9.17, 15) is 0 Å². The number of rotatable bonds is 6. The summed E-state index contributed by atoms with van der Waals surface area (Å²) < 4.78 is 11.5. The Kier molecular flexibility index (Phi) is 4.55. The molecule has 2 heterocycles. The van der Waals surface area contributed by atoms with Crippen LogP contribution in [0.3, 0.4) is 0 Å². The molecule has 0 saturated heterocycles. The van der Waals surface area contributed by atoms with Gasteiger partial charge in [-0.3, -0.25) is 0 Å². The van der Waals surface area contributed by atoms with Crippen molar-refractivity contribution in [1.29, 1.82) is 0 Å². The highest BCUT2D eigenvalue weighted by molar-refractivity contribution is 6.28. The Morgan fingerprint density at radius 1 is 1.32 bits per heavy atom. The second-order valence-electron chi connectivity index (χ2n) is 3.35. The number of nitrogens with one attached hydrogen (secondary N) is 1. The number of hydrogen-bond acceptors (Lipinski definition) is 8. The molecule has 2 rings (SSSR count). The Bertz CT molecular complexity index is 517. The van der Waals surface area contributed by atoms with E-state index in [1.165, 1.54) is 31.6 Å². The molecule has 19 heavy (non-hydrogen) atoms. The maximum Gasteiger partial charge on any atom is 0.258 e. The third-order valence-electron chi connectivity index (χ3n) is 2.17. The van der Waals surface area contributed by atoms with Crippen LogP contribution in [0, 0.1) is 0 Å². The van der Waals surface area contributed by atoms with Crippen molar-refractivity contribution < 1.29 is 9.47 Å². The average molecular weight is 286 g/mol. The van der Waals surface area contributed by atoms with Gasteiger partial charge in [0.25, 0.3) is 5.95 Å². The summed E-state index contributed by atoms with van der Waals surface area (Å²) >= 11 is 5.82. The number of hydrogen-bond donors (Lipinski definition) is 1. The lowest BCUT2D eigenvalue weighted by atomic mass is 10.6. The summed E-state index contributed by atoms with van der Waals surface area (Å²) in [7, 11) is 3.08. The molecule has 0 aliphatic carbocycles. The molecule has 102 valence electrons. The molecule has 2 aromatic heterocycles. The SMILES string of the molecule is COC(CNc1nc(Cl)nc(-n2cncn2)n1)OC. The lowest BCUT2D eigenvalue weighted by molar-refractivity contribution is -0.0914. The standard InChI is InChI=1S/C9H12ClN7O2/c1-18-6(19-2)3-12-8-14-7(10)15-9(16-8)17-5-11-4-13-17/h4-6H,3H2,1-2H3,(H,12,14,15,16). The van der Waals surface area contributed by atoms with Crippen LogP contribution in [0.15, 0.2) is 12.7 Å². The van der Waals surface area contributed by atoms with Gasteiger partial charge in [-0.2, -0.15) is 24.7 Å². The van der Waals surface area contributed by atoms with E-state index in [0.29, 0.717) is 12.5 Å². The molecule has 0 aliphatic heterocycles. The van der Waals surface area contributed by atoms with E-state index in [0.717, 1.165) is 0 Å². The number of ether oxygens (including phenoxy) is 2. The summed E-state index contributed by atoms with van der Waals surface area (Å²) in [5.41, 5.74) is 0. The highest BCUT2D eigenvalue weighted by Crippen LogP contribution is 2.08. The highest BCUT2D eigenvalue weighted by Gasteiger charge is 2.10. The van der Waals surface area contributed by atoms with Crippen LogP contribution in [-0.2, 0) is 9.47 Å². The molecule has 1 N–H and O–H groups in total. The number of nitrogens with zero attached hydrogens (tertiary/aromatic N) is 6. The summed E-state index contributed by atoms with van der Waals surface area (Å²) in [5.74, 6) is 0.566. The summed E-state index contributed by atoms with van der Waals surface area (Å²) in [6.45, 7) is 0.365.